The second-order valence-corrected chi connectivity index (χ2v) is 5.18. The van der Waals surface area contributed by atoms with Crippen molar-refractivity contribution in [3.8, 4) is 0 Å². The molecule has 0 bridgehead atoms. The van der Waals surface area contributed by atoms with Crippen LogP contribution < -0.4 is 5.73 Å². The molecule has 2 heterocycles. The number of hydrogen-bond donors (Lipinski definition) is 1. The van der Waals surface area contributed by atoms with Gasteiger partial charge in [0.15, 0.2) is 0 Å². The number of imide groups is 1. The van der Waals surface area contributed by atoms with E-state index < -0.39 is 6.04 Å². The second kappa shape index (κ2) is 4.33. The number of amides is 2. The first-order chi connectivity index (χ1) is 9.49. The lowest BCUT2D eigenvalue weighted by atomic mass is 10.0. The van der Waals surface area contributed by atoms with Crippen LogP contribution in [-0.4, -0.2) is 33.3 Å². The molecule has 1 fully saturated rings. The van der Waals surface area contributed by atoms with E-state index in [1.54, 1.807) is 4.57 Å². The summed E-state index contributed by atoms with van der Waals surface area (Å²) in [6.07, 6.45) is 0.809. The molecule has 2 N–H and O–H groups in total. The molecular weight excluding hydrogens is 256 g/mol. The molecule has 0 saturated carbocycles. The quantitative estimate of drug-likeness (QED) is 0.792. The number of nitrogen functional groups attached to an aromatic ring is 1. The van der Waals surface area contributed by atoms with Crippen molar-refractivity contribution in [2.45, 2.75) is 25.8 Å². The van der Waals surface area contributed by atoms with Crippen molar-refractivity contribution in [3.05, 3.63) is 23.8 Å². The van der Waals surface area contributed by atoms with E-state index >= 15 is 0 Å². The number of aryl methyl sites for hydroxylation is 1. The standard InChI is InChI=1S/C14H16N4O2/c1-8-3-4-9-11(7-8)18(14(15)16-9)10-5-6-12(19)17(2)13(10)20/h3-4,7,10H,5-6H2,1-2H3,(H2,15,16). The van der Waals surface area contributed by atoms with E-state index in [1.807, 2.05) is 25.1 Å². The van der Waals surface area contributed by atoms with E-state index in [0.717, 1.165) is 16.6 Å². The average Bonchev–Trinajstić information content (AvgIpc) is 2.72. The van der Waals surface area contributed by atoms with Crippen LogP contribution >= 0.6 is 0 Å². The first kappa shape index (κ1) is 12.7. The number of carbonyl (C=O) groups excluding carboxylic acids is 2. The molecule has 1 unspecified atom stereocenters. The topological polar surface area (TPSA) is 81.2 Å². The second-order valence-electron chi connectivity index (χ2n) is 5.18. The number of hydrogen-bond acceptors (Lipinski definition) is 4. The van der Waals surface area contributed by atoms with Crippen LogP contribution in [0.5, 0.6) is 0 Å². The zero-order chi connectivity index (χ0) is 14.4. The molecule has 1 atom stereocenters. The van der Waals surface area contributed by atoms with Crippen molar-refractivity contribution in [1.82, 2.24) is 14.5 Å². The third kappa shape index (κ3) is 1.76. The van der Waals surface area contributed by atoms with Gasteiger partial charge < -0.3 is 5.73 Å². The zero-order valence-corrected chi connectivity index (χ0v) is 11.5. The summed E-state index contributed by atoms with van der Waals surface area (Å²) in [5, 5.41) is 0. The summed E-state index contributed by atoms with van der Waals surface area (Å²) in [6.45, 7) is 1.98. The van der Waals surface area contributed by atoms with Gasteiger partial charge in [-0.15, -0.1) is 0 Å². The molecule has 20 heavy (non-hydrogen) atoms. The minimum atomic E-state index is -0.454. The molecule has 1 aliphatic heterocycles. The predicted molar refractivity (Wildman–Crippen MR) is 74.9 cm³/mol. The lowest BCUT2D eigenvalue weighted by Crippen LogP contribution is -2.43. The fourth-order valence-corrected chi connectivity index (χ4v) is 2.69. The molecule has 1 saturated heterocycles. The predicted octanol–water partition coefficient (Wildman–Crippen LogP) is 1.25. The lowest BCUT2D eigenvalue weighted by Gasteiger charge is -2.29. The summed E-state index contributed by atoms with van der Waals surface area (Å²) < 4.78 is 1.74. The highest BCUT2D eigenvalue weighted by Gasteiger charge is 2.34. The van der Waals surface area contributed by atoms with Crippen molar-refractivity contribution in [2.75, 3.05) is 12.8 Å². The van der Waals surface area contributed by atoms with E-state index in [-0.39, 0.29) is 11.8 Å². The Balaban J connectivity index is 2.14. The van der Waals surface area contributed by atoms with Crippen molar-refractivity contribution in [1.29, 1.82) is 0 Å². The molecule has 0 radical (unpaired) electrons. The third-order valence-corrected chi connectivity index (χ3v) is 3.81. The Morgan fingerprint density at radius 1 is 1.35 bits per heavy atom. The van der Waals surface area contributed by atoms with Crippen LogP contribution in [0.1, 0.15) is 24.4 Å². The summed E-state index contributed by atoms with van der Waals surface area (Å²) in [7, 11) is 1.51. The van der Waals surface area contributed by atoms with Crippen LogP contribution in [0.15, 0.2) is 18.2 Å². The molecule has 6 heteroatoms. The summed E-state index contributed by atoms with van der Waals surface area (Å²) in [4.78, 5) is 29.4. The monoisotopic (exact) mass is 272 g/mol. The van der Waals surface area contributed by atoms with Crippen LogP contribution in [0, 0.1) is 6.92 Å². The number of carbonyl (C=O) groups is 2. The van der Waals surface area contributed by atoms with Crippen molar-refractivity contribution in [2.24, 2.45) is 0 Å². The van der Waals surface area contributed by atoms with Gasteiger partial charge in [0.25, 0.3) is 5.91 Å². The first-order valence-electron chi connectivity index (χ1n) is 6.53. The number of likely N-dealkylation sites (N-methyl/N-ethyl adjacent to an activating group) is 1. The van der Waals surface area contributed by atoms with Gasteiger partial charge in [-0.3, -0.25) is 19.1 Å². The minimum absolute atomic E-state index is 0.148. The van der Waals surface area contributed by atoms with Gasteiger partial charge in [0.1, 0.15) is 6.04 Å². The maximum absolute atomic E-state index is 12.3. The number of fused-ring (bicyclic) bond motifs is 1. The number of benzene rings is 1. The van der Waals surface area contributed by atoms with Crippen molar-refractivity contribution in [3.63, 3.8) is 0 Å². The van der Waals surface area contributed by atoms with Gasteiger partial charge in [-0.1, -0.05) is 6.07 Å². The molecule has 1 aromatic heterocycles. The number of imidazole rings is 1. The highest BCUT2D eigenvalue weighted by atomic mass is 16.2. The number of aromatic nitrogens is 2. The number of rotatable bonds is 1. The van der Waals surface area contributed by atoms with E-state index in [4.69, 9.17) is 5.73 Å². The van der Waals surface area contributed by atoms with Crippen LogP contribution in [-0.2, 0) is 9.59 Å². The van der Waals surface area contributed by atoms with Gasteiger partial charge >= 0.3 is 0 Å². The Hall–Kier alpha value is -2.37. The summed E-state index contributed by atoms with van der Waals surface area (Å²) >= 11 is 0. The SMILES string of the molecule is Cc1ccc2nc(N)n(C3CCC(=O)N(C)C3=O)c2c1. The molecule has 2 amide bonds. The molecule has 3 rings (SSSR count). The molecule has 104 valence electrons. The van der Waals surface area contributed by atoms with Crippen LogP contribution in [0.25, 0.3) is 11.0 Å². The fraction of sp³-hybridized carbons (Fsp3) is 0.357. The van der Waals surface area contributed by atoms with Gasteiger partial charge in [0.2, 0.25) is 11.9 Å². The van der Waals surface area contributed by atoms with E-state index in [1.165, 1.54) is 11.9 Å². The number of anilines is 1. The van der Waals surface area contributed by atoms with E-state index in [9.17, 15) is 9.59 Å². The highest BCUT2D eigenvalue weighted by molar-refractivity contribution is 6.00. The van der Waals surface area contributed by atoms with Gasteiger partial charge in [-0.05, 0) is 31.0 Å². The van der Waals surface area contributed by atoms with E-state index in [0.29, 0.717) is 18.8 Å². The Labute approximate surface area is 116 Å². The Bertz CT molecular complexity index is 719. The van der Waals surface area contributed by atoms with Crippen molar-refractivity contribution >= 4 is 28.8 Å². The first-order valence-corrected chi connectivity index (χ1v) is 6.53. The van der Waals surface area contributed by atoms with Crippen LogP contribution in [0.2, 0.25) is 0 Å². The molecule has 0 aliphatic carbocycles. The molecule has 1 aromatic carbocycles. The largest absolute Gasteiger partial charge is 0.369 e. The summed E-state index contributed by atoms with van der Waals surface area (Å²) in [6, 6.07) is 5.35. The lowest BCUT2D eigenvalue weighted by molar-refractivity contribution is -0.149. The fourth-order valence-electron chi connectivity index (χ4n) is 2.69. The Kier molecular flexibility index (Phi) is 2.74. The average molecular weight is 272 g/mol. The van der Waals surface area contributed by atoms with Crippen molar-refractivity contribution < 1.29 is 9.59 Å². The summed E-state index contributed by atoms with van der Waals surface area (Å²) in [5.74, 6) is -0.0640. The molecule has 2 aromatic rings. The number of nitrogens with two attached hydrogens (primary N) is 1. The van der Waals surface area contributed by atoms with Gasteiger partial charge in [-0.2, -0.15) is 0 Å². The van der Waals surface area contributed by atoms with Gasteiger partial charge in [-0.25, -0.2) is 4.98 Å². The van der Waals surface area contributed by atoms with E-state index in [2.05, 4.69) is 4.98 Å². The number of piperidine rings is 1. The third-order valence-electron chi connectivity index (χ3n) is 3.81. The molecule has 1 aliphatic rings. The zero-order valence-electron chi connectivity index (χ0n) is 11.5. The molecular formula is C14H16N4O2. The van der Waals surface area contributed by atoms with Gasteiger partial charge in [0, 0.05) is 13.5 Å². The maximum atomic E-state index is 12.3. The molecule has 0 spiro atoms. The number of nitrogens with zero attached hydrogens (tertiary/aromatic N) is 3. The Morgan fingerprint density at radius 2 is 2.10 bits per heavy atom. The van der Waals surface area contributed by atoms with Crippen LogP contribution in [0.3, 0.4) is 0 Å². The summed E-state index contributed by atoms with van der Waals surface area (Å²) in [5.41, 5.74) is 8.65. The smallest absolute Gasteiger partial charge is 0.252 e. The number of likely N-dealkylation sites (tertiary alicyclic amines) is 1. The maximum Gasteiger partial charge on any atom is 0.252 e. The minimum Gasteiger partial charge on any atom is -0.369 e. The molecule has 6 nitrogen and oxygen atoms in total. The van der Waals surface area contributed by atoms with Crippen LogP contribution in [0.4, 0.5) is 5.95 Å². The normalized spacial score (nSPS) is 19.9. The van der Waals surface area contributed by atoms with Gasteiger partial charge in [0.05, 0.1) is 11.0 Å². The highest BCUT2D eigenvalue weighted by Crippen LogP contribution is 2.30. The Morgan fingerprint density at radius 3 is 2.85 bits per heavy atom.